The van der Waals surface area contributed by atoms with Crippen molar-refractivity contribution in [2.45, 2.75) is 38.8 Å². The lowest BCUT2D eigenvalue weighted by molar-refractivity contribution is 0.0284. The van der Waals surface area contributed by atoms with Crippen molar-refractivity contribution in [1.82, 2.24) is 15.1 Å². The van der Waals surface area contributed by atoms with Gasteiger partial charge in [-0.1, -0.05) is 0 Å². The molecule has 2 fully saturated rings. The molecule has 1 unspecified atom stereocenters. The van der Waals surface area contributed by atoms with E-state index in [1.165, 1.54) is 0 Å². The summed E-state index contributed by atoms with van der Waals surface area (Å²) in [5, 5.41) is 2.78. The third-order valence-electron chi connectivity index (χ3n) is 3.15. The van der Waals surface area contributed by atoms with Crippen molar-refractivity contribution in [3.63, 3.8) is 0 Å². The van der Waals surface area contributed by atoms with Gasteiger partial charge < -0.3 is 19.9 Å². The smallest absolute Gasteiger partial charge is 0.410 e. The van der Waals surface area contributed by atoms with Crippen LogP contribution in [-0.2, 0) is 4.74 Å². The first kappa shape index (κ1) is 13.0. The van der Waals surface area contributed by atoms with E-state index >= 15 is 0 Å². The number of ether oxygens (including phenoxy) is 1. The predicted molar refractivity (Wildman–Crippen MR) is 66.3 cm³/mol. The van der Waals surface area contributed by atoms with Gasteiger partial charge in [0, 0.05) is 26.2 Å². The molecule has 18 heavy (non-hydrogen) atoms. The van der Waals surface area contributed by atoms with Crippen LogP contribution >= 0.6 is 0 Å². The minimum absolute atomic E-state index is 0.0222. The highest BCUT2D eigenvalue weighted by molar-refractivity contribution is 5.77. The summed E-state index contributed by atoms with van der Waals surface area (Å²) in [5.41, 5.74) is -0.472. The predicted octanol–water partition coefficient (Wildman–Crippen LogP) is 1.02. The zero-order chi connectivity index (χ0) is 13.3. The van der Waals surface area contributed by atoms with Crippen LogP contribution in [0.2, 0.25) is 0 Å². The standard InChI is InChI=1S/C12H21N3O3/c1-12(2,3)18-11(17)14-6-4-9(8-14)15-7-5-13-10(15)16/h9H,4-8H2,1-3H3,(H,13,16). The number of carbonyl (C=O) groups excluding carboxylic acids is 2. The molecule has 2 saturated heterocycles. The van der Waals surface area contributed by atoms with Crippen molar-refractivity contribution in [1.29, 1.82) is 0 Å². The lowest BCUT2D eigenvalue weighted by Gasteiger charge is -2.26. The minimum atomic E-state index is -0.472. The largest absolute Gasteiger partial charge is 0.444 e. The first-order valence-corrected chi connectivity index (χ1v) is 6.39. The number of likely N-dealkylation sites (tertiary alicyclic amines) is 1. The van der Waals surface area contributed by atoms with E-state index in [0.29, 0.717) is 19.6 Å². The molecule has 0 saturated carbocycles. The van der Waals surface area contributed by atoms with Gasteiger partial charge in [-0.15, -0.1) is 0 Å². The Morgan fingerprint density at radius 2 is 2.11 bits per heavy atom. The minimum Gasteiger partial charge on any atom is -0.444 e. The van der Waals surface area contributed by atoms with Gasteiger partial charge >= 0.3 is 12.1 Å². The third-order valence-corrected chi connectivity index (χ3v) is 3.15. The summed E-state index contributed by atoms with van der Waals surface area (Å²) in [6, 6.07) is 0.103. The Balaban J connectivity index is 1.88. The number of hydrogen-bond acceptors (Lipinski definition) is 3. The monoisotopic (exact) mass is 255 g/mol. The lowest BCUT2D eigenvalue weighted by atomic mass is 10.2. The van der Waals surface area contributed by atoms with Gasteiger partial charge in [-0.25, -0.2) is 9.59 Å². The second-order valence-corrected chi connectivity index (χ2v) is 5.79. The molecule has 0 spiro atoms. The zero-order valence-corrected chi connectivity index (χ0v) is 11.2. The topological polar surface area (TPSA) is 61.9 Å². The van der Waals surface area contributed by atoms with E-state index in [4.69, 9.17) is 4.74 Å². The first-order chi connectivity index (χ1) is 8.37. The Bertz CT molecular complexity index is 351. The van der Waals surface area contributed by atoms with Crippen molar-refractivity contribution >= 4 is 12.1 Å². The quantitative estimate of drug-likeness (QED) is 0.761. The molecule has 102 valence electrons. The van der Waals surface area contributed by atoms with Gasteiger partial charge in [0.25, 0.3) is 0 Å². The summed E-state index contributed by atoms with van der Waals surface area (Å²) in [4.78, 5) is 26.9. The number of carbonyl (C=O) groups is 2. The number of nitrogens with one attached hydrogen (secondary N) is 1. The van der Waals surface area contributed by atoms with Crippen LogP contribution in [0, 0.1) is 0 Å². The van der Waals surface area contributed by atoms with Crippen LogP contribution < -0.4 is 5.32 Å². The van der Waals surface area contributed by atoms with Gasteiger partial charge in [0.2, 0.25) is 0 Å². The van der Waals surface area contributed by atoms with E-state index in [1.807, 2.05) is 25.7 Å². The number of rotatable bonds is 1. The molecule has 1 atom stereocenters. The van der Waals surface area contributed by atoms with Crippen LogP contribution in [0.3, 0.4) is 0 Å². The summed E-state index contributed by atoms with van der Waals surface area (Å²) in [6.45, 7) is 8.21. The molecule has 6 nitrogen and oxygen atoms in total. The molecular weight excluding hydrogens is 234 g/mol. The molecule has 1 N–H and O–H groups in total. The fraction of sp³-hybridized carbons (Fsp3) is 0.833. The molecule has 2 aliphatic rings. The maximum Gasteiger partial charge on any atom is 0.410 e. The van der Waals surface area contributed by atoms with E-state index in [-0.39, 0.29) is 18.2 Å². The van der Waals surface area contributed by atoms with Gasteiger partial charge in [-0.3, -0.25) is 0 Å². The van der Waals surface area contributed by atoms with E-state index in [2.05, 4.69) is 5.32 Å². The Morgan fingerprint density at radius 1 is 1.39 bits per heavy atom. The van der Waals surface area contributed by atoms with Crippen LogP contribution in [0.4, 0.5) is 9.59 Å². The van der Waals surface area contributed by atoms with Crippen LogP contribution in [0.15, 0.2) is 0 Å². The van der Waals surface area contributed by atoms with E-state index in [1.54, 1.807) is 4.90 Å². The lowest BCUT2D eigenvalue weighted by Crippen LogP contribution is -2.41. The van der Waals surface area contributed by atoms with Gasteiger partial charge in [0.05, 0.1) is 6.04 Å². The SMILES string of the molecule is CC(C)(C)OC(=O)N1CCC(N2CCNC2=O)C1. The van der Waals surface area contributed by atoms with Crippen molar-refractivity contribution in [3.8, 4) is 0 Å². The summed E-state index contributed by atoms with van der Waals surface area (Å²) in [5.74, 6) is 0. The second kappa shape index (κ2) is 4.66. The molecule has 2 heterocycles. The molecule has 2 aliphatic heterocycles. The molecule has 0 aromatic rings. The molecular formula is C12H21N3O3. The average Bonchev–Trinajstić information content (AvgIpc) is 2.82. The number of urea groups is 1. The molecule has 2 rings (SSSR count). The van der Waals surface area contributed by atoms with E-state index in [9.17, 15) is 9.59 Å². The van der Waals surface area contributed by atoms with Gasteiger partial charge in [-0.05, 0) is 27.2 Å². The summed E-state index contributed by atoms with van der Waals surface area (Å²) >= 11 is 0. The molecule has 6 heteroatoms. The Hall–Kier alpha value is -1.46. The zero-order valence-electron chi connectivity index (χ0n) is 11.2. The van der Waals surface area contributed by atoms with Crippen LogP contribution in [0.25, 0.3) is 0 Å². The number of hydrogen-bond donors (Lipinski definition) is 1. The fourth-order valence-electron chi connectivity index (χ4n) is 2.32. The van der Waals surface area contributed by atoms with Crippen LogP contribution in [0.1, 0.15) is 27.2 Å². The van der Waals surface area contributed by atoms with Crippen LogP contribution in [-0.4, -0.2) is 59.7 Å². The molecule has 0 aromatic heterocycles. The van der Waals surface area contributed by atoms with Crippen molar-refractivity contribution in [3.05, 3.63) is 0 Å². The summed E-state index contributed by atoms with van der Waals surface area (Å²) in [7, 11) is 0. The van der Waals surface area contributed by atoms with Crippen molar-refractivity contribution in [2.24, 2.45) is 0 Å². The fourth-order valence-corrected chi connectivity index (χ4v) is 2.32. The molecule has 0 aliphatic carbocycles. The van der Waals surface area contributed by atoms with Crippen LogP contribution in [0.5, 0.6) is 0 Å². The van der Waals surface area contributed by atoms with Gasteiger partial charge in [0.15, 0.2) is 0 Å². The van der Waals surface area contributed by atoms with Crippen molar-refractivity contribution < 1.29 is 14.3 Å². The Labute approximate surface area is 107 Å². The van der Waals surface area contributed by atoms with Crippen molar-refractivity contribution in [2.75, 3.05) is 26.2 Å². The first-order valence-electron chi connectivity index (χ1n) is 6.39. The molecule has 0 bridgehead atoms. The van der Waals surface area contributed by atoms with Gasteiger partial charge in [0.1, 0.15) is 5.60 Å². The van der Waals surface area contributed by atoms with Gasteiger partial charge in [-0.2, -0.15) is 0 Å². The number of nitrogens with zero attached hydrogens (tertiary/aromatic N) is 2. The maximum absolute atomic E-state index is 11.9. The molecule has 3 amide bonds. The highest BCUT2D eigenvalue weighted by atomic mass is 16.6. The molecule has 0 aromatic carbocycles. The summed E-state index contributed by atoms with van der Waals surface area (Å²) < 4.78 is 5.33. The maximum atomic E-state index is 11.9. The highest BCUT2D eigenvalue weighted by Gasteiger charge is 2.36. The normalized spacial score (nSPS) is 24.4. The molecule has 0 radical (unpaired) electrons. The van der Waals surface area contributed by atoms with E-state index in [0.717, 1.165) is 13.0 Å². The Morgan fingerprint density at radius 3 is 2.67 bits per heavy atom. The average molecular weight is 255 g/mol. The number of amides is 3. The third kappa shape index (κ3) is 2.86. The second-order valence-electron chi connectivity index (χ2n) is 5.79. The van der Waals surface area contributed by atoms with E-state index < -0.39 is 5.60 Å². The Kier molecular flexibility index (Phi) is 3.36. The highest BCUT2D eigenvalue weighted by Crippen LogP contribution is 2.19. The summed E-state index contributed by atoms with van der Waals surface area (Å²) in [6.07, 6.45) is 0.539.